The first-order chi connectivity index (χ1) is 9.61. The average Bonchev–Trinajstić information content (AvgIpc) is 2.48. The number of aromatic hydroxyl groups is 1. The highest BCUT2D eigenvalue weighted by Crippen LogP contribution is 2.23. The van der Waals surface area contributed by atoms with Gasteiger partial charge in [-0.15, -0.1) is 0 Å². The Bertz CT molecular complexity index is 472. The monoisotopic (exact) mass is 280 g/mol. The Kier molecular flexibility index (Phi) is 4.94. The third-order valence-corrected chi connectivity index (χ3v) is 3.45. The largest absolute Gasteiger partial charge is 0.507 e. The summed E-state index contributed by atoms with van der Waals surface area (Å²) in [6.07, 6.45) is -0.697. The first kappa shape index (κ1) is 14.8. The standard InChI is InChI=1S/C14H20N2O4/c1-20-14(19)11-8-10(2-3-12(11)17)13(18)9-16-6-4-15-5-7-16/h2-3,8,13,15,17-18H,4-7,9H2,1H3. The molecule has 0 bridgehead atoms. The van der Waals surface area contributed by atoms with E-state index in [1.54, 1.807) is 6.07 Å². The van der Waals surface area contributed by atoms with Crippen LogP contribution in [0.5, 0.6) is 5.75 Å². The van der Waals surface area contributed by atoms with E-state index in [9.17, 15) is 15.0 Å². The Labute approximate surface area is 118 Å². The molecule has 1 aliphatic heterocycles. The van der Waals surface area contributed by atoms with Crippen molar-refractivity contribution in [2.75, 3.05) is 39.8 Å². The van der Waals surface area contributed by atoms with Crippen LogP contribution in [0.15, 0.2) is 18.2 Å². The van der Waals surface area contributed by atoms with Crippen molar-refractivity contribution in [1.29, 1.82) is 0 Å². The van der Waals surface area contributed by atoms with E-state index in [1.807, 2.05) is 0 Å². The van der Waals surface area contributed by atoms with E-state index in [4.69, 9.17) is 0 Å². The first-order valence-electron chi connectivity index (χ1n) is 6.64. The van der Waals surface area contributed by atoms with Crippen LogP contribution in [0, 0.1) is 0 Å². The van der Waals surface area contributed by atoms with Crippen LogP contribution in [0.1, 0.15) is 22.0 Å². The molecule has 110 valence electrons. The predicted octanol–water partition coefficient (Wildman–Crippen LogP) is 0.117. The fraction of sp³-hybridized carbons (Fsp3) is 0.500. The van der Waals surface area contributed by atoms with Gasteiger partial charge >= 0.3 is 5.97 Å². The van der Waals surface area contributed by atoms with Gasteiger partial charge in [0.25, 0.3) is 0 Å². The molecular weight excluding hydrogens is 260 g/mol. The quantitative estimate of drug-likeness (QED) is 0.680. The number of benzene rings is 1. The summed E-state index contributed by atoms with van der Waals surface area (Å²) >= 11 is 0. The summed E-state index contributed by atoms with van der Waals surface area (Å²) in [6, 6.07) is 4.51. The maximum absolute atomic E-state index is 11.5. The number of rotatable bonds is 4. The molecular formula is C14H20N2O4. The number of carbonyl (C=O) groups excluding carboxylic acids is 1. The number of β-amino-alcohol motifs (C(OH)–C–C–N with tert-alkyl or cyclic N) is 1. The Morgan fingerprint density at radius 2 is 2.15 bits per heavy atom. The number of aliphatic hydroxyl groups excluding tert-OH is 1. The molecule has 1 unspecified atom stereocenters. The predicted molar refractivity (Wildman–Crippen MR) is 73.7 cm³/mol. The van der Waals surface area contributed by atoms with Crippen LogP contribution < -0.4 is 5.32 Å². The normalized spacial score (nSPS) is 17.7. The van der Waals surface area contributed by atoms with E-state index in [2.05, 4.69) is 15.0 Å². The zero-order chi connectivity index (χ0) is 14.5. The molecule has 0 saturated carbocycles. The summed E-state index contributed by atoms with van der Waals surface area (Å²) in [5, 5.41) is 23.1. The molecule has 6 heteroatoms. The molecule has 0 aromatic heterocycles. The lowest BCUT2D eigenvalue weighted by Crippen LogP contribution is -2.44. The van der Waals surface area contributed by atoms with Crippen molar-refractivity contribution in [1.82, 2.24) is 10.2 Å². The van der Waals surface area contributed by atoms with Crippen molar-refractivity contribution in [2.24, 2.45) is 0 Å². The first-order valence-corrected chi connectivity index (χ1v) is 6.64. The number of piperazine rings is 1. The van der Waals surface area contributed by atoms with Crippen LogP contribution in [0.25, 0.3) is 0 Å². The van der Waals surface area contributed by atoms with Gasteiger partial charge in [0, 0.05) is 32.7 Å². The zero-order valence-electron chi connectivity index (χ0n) is 11.5. The number of hydrogen-bond acceptors (Lipinski definition) is 6. The summed E-state index contributed by atoms with van der Waals surface area (Å²) in [5.41, 5.74) is 0.672. The number of phenols is 1. The van der Waals surface area contributed by atoms with Crippen molar-refractivity contribution < 1.29 is 19.7 Å². The molecule has 0 radical (unpaired) electrons. The number of esters is 1. The van der Waals surface area contributed by atoms with Gasteiger partial charge in [0.15, 0.2) is 0 Å². The number of phenolic OH excluding ortho intramolecular Hbond substituents is 1. The lowest BCUT2D eigenvalue weighted by atomic mass is 10.0. The molecule has 0 amide bonds. The molecule has 1 fully saturated rings. The summed E-state index contributed by atoms with van der Waals surface area (Å²) in [6.45, 7) is 4.11. The molecule has 1 saturated heterocycles. The van der Waals surface area contributed by atoms with Gasteiger partial charge in [-0.25, -0.2) is 4.79 Å². The third kappa shape index (κ3) is 3.47. The van der Waals surface area contributed by atoms with E-state index in [0.29, 0.717) is 12.1 Å². The van der Waals surface area contributed by atoms with Gasteiger partial charge in [-0.1, -0.05) is 6.07 Å². The van der Waals surface area contributed by atoms with Gasteiger partial charge in [0.2, 0.25) is 0 Å². The van der Waals surface area contributed by atoms with Gasteiger partial charge in [-0.2, -0.15) is 0 Å². The van der Waals surface area contributed by atoms with E-state index < -0.39 is 12.1 Å². The van der Waals surface area contributed by atoms with E-state index in [0.717, 1.165) is 26.2 Å². The number of ether oxygens (including phenoxy) is 1. The molecule has 1 atom stereocenters. The van der Waals surface area contributed by atoms with Crippen molar-refractivity contribution in [3.05, 3.63) is 29.3 Å². The van der Waals surface area contributed by atoms with Gasteiger partial charge in [-0.05, 0) is 17.7 Å². The Balaban J connectivity index is 2.09. The summed E-state index contributed by atoms with van der Waals surface area (Å²) in [4.78, 5) is 13.7. The number of carbonyl (C=O) groups is 1. The SMILES string of the molecule is COC(=O)c1cc(C(O)CN2CCNCC2)ccc1O. The fourth-order valence-electron chi connectivity index (χ4n) is 2.28. The molecule has 1 aromatic carbocycles. The van der Waals surface area contributed by atoms with Crippen LogP contribution in [0.2, 0.25) is 0 Å². The minimum Gasteiger partial charge on any atom is -0.507 e. The van der Waals surface area contributed by atoms with Crippen LogP contribution in [0.4, 0.5) is 0 Å². The van der Waals surface area contributed by atoms with Crippen molar-refractivity contribution >= 4 is 5.97 Å². The molecule has 2 rings (SSSR count). The van der Waals surface area contributed by atoms with Crippen molar-refractivity contribution in [3.8, 4) is 5.75 Å². The summed E-state index contributed by atoms with van der Waals surface area (Å²) in [5.74, 6) is -0.756. The number of aliphatic hydroxyl groups is 1. The van der Waals surface area contributed by atoms with Gasteiger partial charge in [0.05, 0.1) is 13.2 Å². The van der Waals surface area contributed by atoms with E-state index in [-0.39, 0.29) is 11.3 Å². The number of hydrogen-bond donors (Lipinski definition) is 3. The lowest BCUT2D eigenvalue weighted by molar-refractivity contribution is 0.0596. The number of nitrogens with zero attached hydrogens (tertiary/aromatic N) is 1. The van der Waals surface area contributed by atoms with E-state index >= 15 is 0 Å². The highest BCUT2D eigenvalue weighted by Gasteiger charge is 2.19. The Hall–Kier alpha value is -1.63. The maximum atomic E-state index is 11.5. The minimum absolute atomic E-state index is 0.0735. The van der Waals surface area contributed by atoms with Crippen molar-refractivity contribution in [3.63, 3.8) is 0 Å². The van der Waals surface area contributed by atoms with Crippen LogP contribution in [0.3, 0.4) is 0 Å². The average molecular weight is 280 g/mol. The van der Waals surface area contributed by atoms with Gasteiger partial charge < -0.3 is 20.3 Å². The molecule has 1 aliphatic rings. The highest BCUT2D eigenvalue weighted by atomic mass is 16.5. The summed E-state index contributed by atoms with van der Waals surface area (Å²) in [7, 11) is 1.26. The second-order valence-electron chi connectivity index (χ2n) is 4.83. The van der Waals surface area contributed by atoms with Gasteiger partial charge in [0.1, 0.15) is 11.3 Å². The van der Waals surface area contributed by atoms with Crippen LogP contribution in [-0.2, 0) is 4.74 Å². The van der Waals surface area contributed by atoms with Crippen LogP contribution in [-0.4, -0.2) is 60.9 Å². The topological polar surface area (TPSA) is 82.0 Å². The fourth-order valence-corrected chi connectivity index (χ4v) is 2.28. The molecule has 1 aromatic rings. The molecule has 6 nitrogen and oxygen atoms in total. The molecule has 0 aliphatic carbocycles. The minimum atomic E-state index is -0.697. The number of methoxy groups -OCH3 is 1. The van der Waals surface area contributed by atoms with E-state index in [1.165, 1.54) is 19.2 Å². The molecule has 3 N–H and O–H groups in total. The highest BCUT2D eigenvalue weighted by molar-refractivity contribution is 5.92. The van der Waals surface area contributed by atoms with Crippen molar-refractivity contribution in [2.45, 2.75) is 6.10 Å². The molecule has 1 heterocycles. The number of nitrogens with one attached hydrogen (secondary N) is 1. The molecule has 0 spiro atoms. The maximum Gasteiger partial charge on any atom is 0.341 e. The molecule has 20 heavy (non-hydrogen) atoms. The smallest absolute Gasteiger partial charge is 0.341 e. The second-order valence-corrected chi connectivity index (χ2v) is 4.83. The van der Waals surface area contributed by atoms with Crippen LogP contribution >= 0.6 is 0 Å². The second kappa shape index (κ2) is 6.69. The Morgan fingerprint density at radius 1 is 1.45 bits per heavy atom. The van der Waals surface area contributed by atoms with Gasteiger partial charge in [-0.3, -0.25) is 4.90 Å². The lowest BCUT2D eigenvalue weighted by Gasteiger charge is -2.29. The Morgan fingerprint density at radius 3 is 2.80 bits per heavy atom. The summed E-state index contributed by atoms with van der Waals surface area (Å²) < 4.78 is 4.60. The zero-order valence-corrected chi connectivity index (χ0v) is 11.5. The third-order valence-electron chi connectivity index (χ3n) is 3.45.